The van der Waals surface area contributed by atoms with Crippen molar-refractivity contribution in [3.05, 3.63) is 54.1 Å². The molecule has 32 heavy (non-hydrogen) atoms. The molecule has 3 unspecified atom stereocenters. The van der Waals surface area contributed by atoms with Crippen molar-refractivity contribution >= 4 is 27.5 Å². The maximum absolute atomic E-state index is 12.6. The van der Waals surface area contributed by atoms with Gasteiger partial charge < -0.3 is 20.1 Å². The summed E-state index contributed by atoms with van der Waals surface area (Å²) in [6.45, 7) is 2.46. The number of carbonyl (C=O) groups is 1. The number of hydrogen-bond acceptors (Lipinski definition) is 6. The first-order valence-electron chi connectivity index (χ1n) is 11.5. The van der Waals surface area contributed by atoms with Gasteiger partial charge in [0.15, 0.2) is 0 Å². The van der Waals surface area contributed by atoms with Crippen LogP contribution in [0.2, 0.25) is 0 Å². The van der Waals surface area contributed by atoms with Gasteiger partial charge in [0.05, 0.1) is 10.2 Å². The highest BCUT2D eigenvalue weighted by Crippen LogP contribution is 2.51. The number of carbonyl (C=O) groups excluding carboxylic acids is 1. The molecule has 3 aromatic rings. The minimum atomic E-state index is -1.06. The molecule has 3 aliphatic rings. The normalized spacial score (nSPS) is 25.0. The SMILES string of the molecule is O=C(N1CC2CC2C1CNCCc1cccc(Oc2nc3ccccc3s2)c1)C1(O)CC1. The predicted molar refractivity (Wildman–Crippen MR) is 124 cm³/mol. The summed E-state index contributed by atoms with van der Waals surface area (Å²) in [6.07, 6.45) is 3.34. The van der Waals surface area contributed by atoms with Crippen molar-refractivity contribution < 1.29 is 14.6 Å². The van der Waals surface area contributed by atoms with Crippen molar-refractivity contribution in [3.8, 4) is 10.9 Å². The van der Waals surface area contributed by atoms with Gasteiger partial charge in [0, 0.05) is 19.1 Å². The van der Waals surface area contributed by atoms with Gasteiger partial charge in [0.2, 0.25) is 0 Å². The summed E-state index contributed by atoms with van der Waals surface area (Å²) >= 11 is 1.55. The number of hydrogen-bond donors (Lipinski definition) is 2. The van der Waals surface area contributed by atoms with E-state index in [1.807, 2.05) is 35.2 Å². The summed E-state index contributed by atoms with van der Waals surface area (Å²) in [5, 5.41) is 14.4. The van der Waals surface area contributed by atoms with Gasteiger partial charge in [0.1, 0.15) is 11.4 Å². The average molecular weight is 450 g/mol. The van der Waals surface area contributed by atoms with E-state index >= 15 is 0 Å². The minimum Gasteiger partial charge on any atom is -0.431 e. The first-order chi connectivity index (χ1) is 15.6. The van der Waals surface area contributed by atoms with Crippen molar-refractivity contribution in [2.24, 2.45) is 11.8 Å². The van der Waals surface area contributed by atoms with Gasteiger partial charge >= 0.3 is 0 Å². The van der Waals surface area contributed by atoms with E-state index < -0.39 is 5.60 Å². The Morgan fingerprint density at radius 2 is 2.12 bits per heavy atom. The molecule has 2 saturated carbocycles. The smallest absolute Gasteiger partial charge is 0.279 e. The Morgan fingerprint density at radius 1 is 1.25 bits per heavy atom. The molecule has 2 heterocycles. The summed E-state index contributed by atoms with van der Waals surface area (Å²) in [7, 11) is 0. The minimum absolute atomic E-state index is 0.0452. The van der Waals surface area contributed by atoms with Gasteiger partial charge in [-0.25, -0.2) is 4.98 Å². The zero-order valence-corrected chi connectivity index (χ0v) is 18.7. The number of ether oxygens (including phenoxy) is 1. The summed E-state index contributed by atoms with van der Waals surface area (Å²) in [4.78, 5) is 19.1. The lowest BCUT2D eigenvalue weighted by atomic mass is 10.1. The highest BCUT2D eigenvalue weighted by molar-refractivity contribution is 7.20. The highest BCUT2D eigenvalue weighted by atomic mass is 32.1. The second-order valence-electron chi connectivity index (χ2n) is 9.37. The molecule has 1 aliphatic heterocycles. The number of likely N-dealkylation sites (tertiary alicyclic amines) is 1. The summed E-state index contributed by atoms with van der Waals surface area (Å²) in [5.74, 6) is 2.01. The number of aliphatic hydroxyl groups is 1. The lowest BCUT2D eigenvalue weighted by Gasteiger charge is -2.29. The van der Waals surface area contributed by atoms with Crippen molar-refractivity contribution in [2.45, 2.75) is 37.3 Å². The van der Waals surface area contributed by atoms with Gasteiger partial charge in [-0.2, -0.15) is 0 Å². The van der Waals surface area contributed by atoms with Gasteiger partial charge in [-0.15, -0.1) is 0 Å². The standard InChI is InChI=1S/C25H27N3O3S/c29-23(25(30)9-10-25)28-15-17-13-19(17)21(28)14-26-11-8-16-4-3-5-18(12-16)31-24-27-20-6-1-2-7-22(20)32-24/h1-7,12,17,19,21,26,30H,8-11,13-15H2. The molecule has 1 amide bonds. The average Bonchev–Trinajstić information content (AvgIpc) is 3.66. The number of nitrogens with zero attached hydrogens (tertiary/aromatic N) is 2. The lowest BCUT2D eigenvalue weighted by Crippen LogP contribution is -2.49. The Bertz CT molecular complexity index is 1130. The first kappa shape index (κ1) is 20.1. The van der Waals surface area contributed by atoms with E-state index in [0.29, 0.717) is 29.9 Å². The molecule has 1 aromatic heterocycles. The summed E-state index contributed by atoms with van der Waals surface area (Å²) in [6, 6.07) is 16.4. The Kier molecular flexibility index (Phi) is 4.93. The molecule has 6 nitrogen and oxygen atoms in total. The number of rotatable bonds is 8. The Labute approximate surface area is 191 Å². The van der Waals surface area contributed by atoms with Crippen molar-refractivity contribution in [2.75, 3.05) is 19.6 Å². The molecule has 7 heteroatoms. The molecule has 166 valence electrons. The molecule has 1 saturated heterocycles. The number of aromatic nitrogens is 1. The van der Waals surface area contributed by atoms with Gasteiger partial charge in [-0.3, -0.25) is 4.79 Å². The van der Waals surface area contributed by atoms with Gasteiger partial charge in [-0.1, -0.05) is 35.6 Å². The van der Waals surface area contributed by atoms with Crippen LogP contribution in [-0.4, -0.2) is 52.2 Å². The number of fused-ring (bicyclic) bond motifs is 2. The molecule has 2 N–H and O–H groups in total. The molecular formula is C25H27N3O3S. The molecular weight excluding hydrogens is 422 g/mol. The maximum Gasteiger partial charge on any atom is 0.279 e. The number of amides is 1. The fraction of sp³-hybridized carbons (Fsp3) is 0.440. The zero-order valence-electron chi connectivity index (χ0n) is 17.9. The topological polar surface area (TPSA) is 74.7 Å². The molecule has 0 spiro atoms. The number of piperidine rings is 1. The van der Waals surface area contributed by atoms with Crippen LogP contribution in [0.15, 0.2) is 48.5 Å². The predicted octanol–water partition coefficient (Wildman–Crippen LogP) is 3.59. The molecule has 3 fully saturated rings. The molecule has 3 atom stereocenters. The molecule has 2 aliphatic carbocycles. The van der Waals surface area contributed by atoms with E-state index in [2.05, 4.69) is 28.5 Å². The Balaban J connectivity index is 1.03. The van der Waals surface area contributed by atoms with Crippen LogP contribution in [0.1, 0.15) is 24.8 Å². The van der Waals surface area contributed by atoms with E-state index in [1.165, 1.54) is 12.0 Å². The fourth-order valence-corrected chi connectivity index (χ4v) is 5.74. The van der Waals surface area contributed by atoms with Crippen LogP contribution in [0.4, 0.5) is 0 Å². The van der Waals surface area contributed by atoms with E-state index in [1.54, 1.807) is 11.3 Å². The van der Waals surface area contributed by atoms with E-state index in [4.69, 9.17) is 4.74 Å². The van der Waals surface area contributed by atoms with Gasteiger partial charge in [0.25, 0.3) is 11.1 Å². The van der Waals surface area contributed by atoms with Crippen LogP contribution >= 0.6 is 11.3 Å². The molecule has 2 aromatic carbocycles. The monoisotopic (exact) mass is 449 g/mol. The second-order valence-corrected chi connectivity index (χ2v) is 10.4. The van der Waals surface area contributed by atoms with Crippen LogP contribution in [0.25, 0.3) is 10.2 Å². The molecule has 0 radical (unpaired) electrons. The number of thiazole rings is 1. The third-order valence-corrected chi connectivity index (χ3v) is 7.92. The van der Waals surface area contributed by atoms with Gasteiger partial charge in [-0.05, 0) is 73.9 Å². The van der Waals surface area contributed by atoms with Crippen LogP contribution < -0.4 is 10.1 Å². The van der Waals surface area contributed by atoms with Crippen molar-refractivity contribution in [1.29, 1.82) is 0 Å². The largest absolute Gasteiger partial charge is 0.431 e. The van der Waals surface area contributed by atoms with Crippen LogP contribution in [-0.2, 0) is 11.2 Å². The third-order valence-electron chi connectivity index (χ3n) is 7.01. The van der Waals surface area contributed by atoms with Crippen molar-refractivity contribution in [1.82, 2.24) is 15.2 Å². The third kappa shape index (κ3) is 3.89. The Hall–Kier alpha value is -2.48. The van der Waals surface area contributed by atoms with Crippen molar-refractivity contribution in [3.63, 3.8) is 0 Å². The number of para-hydroxylation sites is 1. The number of nitrogens with one attached hydrogen (secondary N) is 1. The fourth-order valence-electron chi connectivity index (χ4n) is 4.91. The molecule has 0 bridgehead atoms. The van der Waals surface area contributed by atoms with Crippen LogP contribution in [0.5, 0.6) is 10.9 Å². The summed E-state index contributed by atoms with van der Waals surface area (Å²) < 4.78 is 7.13. The summed E-state index contributed by atoms with van der Waals surface area (Å²) in [5.41, 5.74) is 1.10. The van der Waals surface area contributed by atoms with E-state index in [0.717, 1.165) is 42.0 Å². The van der Waals surface area contributed by atoms with Crippen LogP contribution in [0.3, 0.4) is 0 Å². The molecule has 6 rings (SSSR count). The zero-order chi connectivity index (χ0) is 21.7. The number of benzene rings is 2. The van der Waals surface area contributed by atoms with E-state index in [9.17, 15) is 9.90 Å². The Morgan fingerprint density at radius 3 is 2.97 bits per heavy atom. The first-order valence-corrected chi connectivity index (χ1v) is 12.3. The lowest BCUT2D eigenvalue weighted by molar-refractivity contribution is -0.144. The van der Waals surface area contributed by atoms with E-state index in [-0.39, 0.29) is 11.9 Å². The second kappa shape index (κ2) is 7.83. The maximum atomic E-state index is 12.6. The highest BCUT2D eigenvalue weighted by Gasteiger charge is 2.59. The van der Waals surface area contributed by atoms with Crippen LogP contribution in [0, 0.1) is 11.8 Å². The quantitative estimate of drug-likeness (QED) is 0.514.